The Labute approximate surface area is 108 Å². The standard InChI is InChI=1S/C12H11F2N3O2/c1-18-10-4-7(2-3-8(10)13)6-19-12-16-5-9(14)11(15)17-12/h2-5H,6H2,1H3,(H2,15,16,17). The molecule has 0 amide bonds. The highest BCUT2D eigenvalue weighted by atomic mass is 19.1. The van der Waals surface area contributed by atoms with E-state index in [4.69, 9.17) is 15.2 Å². The van der Waals surface area contributed by atoms with E-state index in [1.165, 1.54) is 25.3 Å². The van der Waals surface area contributed by atoms with Gasteiger partial charge in [0.25, 0.3) is 0 Å². The second-order valence-electron chi connectivity index (χ2n) is 3.64. The molecule has 0 spiro atoms. The Balaban J connectivity index is 2.07. The van der Waals surface area contributed by atoms with Gasteiger partial charge in [0, 0.05) is 0 Å². The zero-order valence-electron chi connectivity index (χ0n) is 10.1. The predicted octanol–water partition coefficient (Wildman–Crippen LogP) is 1.92. The lowest BCUT2D eigenvalue weighted by Crippen LogP contribution is -2.03. The highest BCUT2D eigenvalue weighted by molar-refractivity contribution is 5.31. The molecule has 0 aliphatic rings. The van der Waals surface area contributed by atoms with Crippen LogP contribution in [0.3, 0.4) is 0 Å². The molecule has 0 saturated carbocycles. The van der Waals surface area contributed by atoms with Crippen LogP contribution < -0.4 is 15.2 Å². The third-order valence-corrected chi connectivity index (χ3v) is 2.33. The summed E-state index contributed by atoms with van der Waals surface area (Å²) in [5.41, 5.74) is 5.94. The summed E-state index contributed by atoms with van der Waals surface area (Å²) in [4.78, 5) is 7.23. The number of aromatic nitrogens is 2. The van der Waals surface area contributed by atoms with Crippen molar-refractivity contribution >= 4 is 5.82 Å². The van der Waals surface area contributed by atoms with Crippen molar-refractivity contribution in [2.24, 2.45) is 0 Å². The first-order valence-corrected chi connectivity index (χ1v) is 5.33. The van der Waals surface area contributed by atoms with Gasteiger partial charge in [0.2, 0.25) is 0 Å². The Morgan fingerprint density at radius 1 is 1.26 bits per heavy atom. The van der Waals surface area contributed by atoms with E-state index >= 15 is 0 Å². The van der Waals surface area contributed by atoms with Crippen LogP contribution in [0.1, 0.15) is 5.56 Å². The lowest BCUT2D eigenvalue weighted by Gasteiger charge is -2.07. The lowest BCUT2D eigenvalue weighted by molar-refractivity contribution is 0.278. The number of nitrogens with zero attached hydrogens (tertiary/aromatic N) is 2. The number of rotatable bonds is 4. The van der Waals surface area contributed by atoms with Gasteiger partial charge < -0.3 is 15.2 Å². The summed E-state index contributed by atoms with van der Waals surface area (Å²) < 4.78 is 36.1. The SMILES string of the molecule is COc1cc(COc2ncc(F)c(N)n2)ccc1F. The first-order valence-electron chi connectivity index (χ1n) is 5.33. The molecule has 0 fully saturated rings. The zero-order valence-corrected chi connectivity index (χ0v) is 10.1. The maximum Gasteiger partial charge on any atom is 0.318 e. The summed E-state index contributed by atoms with van der Waals surface area (Å²) in [7, 11) is 1.37. The number of ether oxygens (including phenoxy) is 2. The van der Waals surface area contributed by atoms with E-state index in [-0.39, 0.29) is 24.2 Å². The van der Waals surface area contributed by atoms with Crippen LogP contribution in [0.25, 0.3) is 0 Å². The van der Waals surface area contributed by atoms with Crippen LogP contribution in [0.4, 0.5) is 14.6 Å². The molecule has 5 nitrogen and oxygen atoms in total. The number of benzene rings is 1. The molecule has 2 N–H and O–H groups in total. The third kappa shape index (κ3) is 3.06. The molecule has 1 aromatic carbocycles. The Morgan fingerprint density at radius 2 is 2.05 bits per heavy atom. The number of halogens is 2. The Hall–Kier alpha value is -2.44. The quantitative estimate of drug-likeness (QED) is 0.916. The highest BCUT2D eigenvalue weighted by Gasteiger charge is 2.07. The molecule has 0 saturated heterocycles. The fraction of sp³-hybridized carbons (Fsp3) is 0.167. The van der Waals surface area contributed by atoms with E-state index < -0.39 is 11.6 Å². The summed E-state index contributed by atoms with van der Waals surface area (Å²) >= 11 is 0. The van der Waals surface area contributed by atoms with E-state index in [9.17, 15) is 8.78 Å². The van der Waals surface area contributed by atoms with Crippen LogP contribution in [0.2, 0.25) is 0 Å². The molecule has 2 rings (SSSR count). The molecular weight excluding hydrogens is 256 g/mol. The van der Waals surface area contributed by atoms with Gasteiger partial charge in [0.15, 0.2) is 23.2 Å². The van der Waals surface area contributed by atoms with Gasteiger partial charge in [-0.3, -0.25) is 0 Å². The lowest BCUT2D eigenvalue weighted by atomic mass is 10.2. The van der Waals surface area contributed by atoms with Crippen LogP contribution in [0, 0.1) is 11.6 Å². The van der Waals surface area contributed by atoms with Gasteiger partial charge in [0.1, 0.15) is 6.61 Å². The minimum atomic E-state index is -0.712. The second kappa shape index (κ2) is 5.47. The molecule has 0 radical (unpaired) electrons. The fourth-order valence-corrected chi connectivity index (χ4v) is 1.37. The monoisotopic (exact) mass is 267 g/mol. The summed E-state index contributed by atoms with van der Waals surface area (Å²) in [5.74, 6) is -1.35. The number of nitrogen functional groups attached to an aromatic ring is 1. The molecule has 0 aliphatic heterocycles. The predicted molar refractivity (Wildman–Crippen MR) is 63.7 cm³/mol. The molecule has 0 aliphatic carbocycles. The first-order chi connectivity index (χ1) is 9.10. The maximum atomic E-state index is 13.2. The number of hydrogen-bond donors (Lipinski definition) is 1. The number of anilines is 1. The van der Waals surface area contributed by atoms with Crippen LogP contribution in [-0.2, 0) is 6.61 Å². The van der Waals surface area contributed by atoms with E-state index in [0.717, 1.165) is 6.20 Å². The molecule has 1 heterocycles. The summed E-state index contributed by atoms with van der Waals surface area (Å²) in [6, 6.07) is 4.23. The van der Waals surface area contributed by atoms with Crippen molar-refractivity contribution in [1.29, 1.82) is 0 Å². The molecule has 2 aromatic rings. The number of nitrogens with two attached hydrogens (primary N) is 1. The largest absolute Gasteiger partial charge is 0.494 e. The van der Waals surface area contributed by atoms with Crippen molar-refractivity contribution in [2.45, 2.75) is 6.61 Å². The van der Waals surface area contributed by atoms with Crippen molar-refractivity contribution in [1.82, 2.24) is 9.97 Å². The van der Waals surface area contributed by atoms with E-state index in [1.807, 2.05) is 0 Å². The van der Waals surface area contributed by atoms with Gasteiger partial charge >= 0.3 is 6.01 Å². The molecule has 0 unspecified atom stereocenters. The molecule has 1 aromatic heterocycles. The molecule has 0 atom stereocenters. The number of hydrogen-bond acceptors (Lipinski definition) is 5. The zero-order chi connectivity index (χ0) is 13.8. The van der Waals surface area contributed by atoms with Gasteiger partial charge in [-0.25, -0.2) is 13.8 Å². The van der Waals surface area contributed by atoms with Gasteiger partial charge in [0.05, 0.1) is 13.3 Å². The average molecular weight is 267 g/mol. The van der Waals surface area contributed by atoms with Gasteiger partial charge in [-0.15, -0.1) is 0 Å². The minimum Gasteiger partial charge on any atom is -0.494 e. The van der Waals surface area contributed by atoms with Gasteiger partial charge in [-0.2, -0.15) is 4.98 Å². The van der Waals surface area contributed by atoms with Crippen molar-refractivity contribution in [3.63, 3.8) is 0 Å². The molecular formula is C12H11F2N3O2. The van der Waals surface area contributed by atoms with E-state index in [0.29, 0.717) is 5.56 Å². The summed E-state index contributed by atoms with van der Waals surface area (Å²) in [6.07, 6.45) is 0.920. The van der Waals surface area contributed by atoms with Crippen molar-refractivity contribution in [3.05, 3.63) is 41.6 Å². The topological polar surface area (TPSA) is 70.3 Å². The molecule has 19 heavy (non-hydrogen) atoms. The molecule has 7 heteroatoms. The third-order valence-electron chi connectivity index (χ3n) is 2.33. The normalized spacial score (nSPS) is 10.3. The molecule has 0 bridgehead atoms. The van der Waals surface area contributed by atoms with Crippen molar-refractivity contribution in [2.75, 3.05) is 12.8 Å². The van der Waals surface area contributed by atoms with E-state index in [1.54, 1.807) is 0 Å². The number of methoxy groups -OCH3 is 1. The van der Waals surface area contributed by atoms with Gasteiger partial charge in [-0.1, -0.05) is 6.07 Å². The fourth-order valence-electron chi connectivity index (χ4n) is 1.37. The minimum absolute atomic E-state index is 0.0535. The first kappa shape index (κ1) is 13.0. The molecule has 100 valence electrons. The Kier molecular flexibility index (Phi) is 3.74. The van der Waals surface area contributed by atoms with Crippen LogP contribution in [0.15, 0.2) is 24.4 Å². The highest BCUT2D eigenvalue weighted by Crippen LogP contribution is 2.19. The van der Waals surface area contributed by atoms with Crippen LogP contribution in [0.5, 0.6) is 11.8 Å². The Bertz CT molecular complexity index is 593. The smallest absolute Gasteiger partial charge is 0.318 e. The maximum absolute atomic E-state index is 13.2. The van der Waals surface area contributed by atoms with Gasteiger partial charge in [-0.05, 0) is 17.7 Å². The summed E-state index contributed by atoms with van der Waals surface area (Å²) in [5, 5.41) is 0. The summed E-state index contributed by atoms with van der Waals surface area (Å²) in [6.45, 7) is 0.0850. The van der Waals surface area contributed by atoms with Crippen molar-refractivity contribution < 1.29 is 18.3 Å². The Morgan fingerprint density at radius 3 is 2.74 bits per heavy atom. The van der Waals surface area contributed by atoms with Crippen molar-refractivity contribution in [3.8, 4) is 11.8 Å². The van der Waals surface area contributed by atoms with E-state index in [2.05, 4.69) is 9.97 Å². The average Bonchev–Trinajstić information content (AvgIpc) is 2.41. The second-order valence-corrected chi connectivity index (χ2v) is 3.64. The van der Waals surface area contributed by atoms with Crippen LogP contribution >= 0.6 is 0 Å². The van der Waals surface area contributed by atoms with Crippen LogP contribution in [-0.4, -0.2) is 17.1 Å².